The van der Waals surface area contributed by atoms with Gasteiger partial charge < -0.3 is 0 Å². The minimum absolute atomic E-state index is 0.164. The summed E-state index contributed by atoms with van der Waals surface area (Å²) in [6.07, 6.45) is -2.09. The Morgan fingerprint density at radius 3 is 2.65 bits per heavy atom. The highest BCUT2D eigenvalue weighted by Gasteiger charge is 2.30. The highest BCUT2D eigenvalue weighted by atomic mass is 19.4. The molecule has 0 bridgehead atoms. The van der Waals surface area contributed by atoms with Gasteiger partial charge >= 0.3 is 6.18 Å². The fourth-order valence-electron chi connectivity index (χ4n) is 2.05. The van der Waals surface area contributed by atoms with Crippen LogP contribution < -0.4 is 0 Å². The first-order valence-electron chi connectivity index (χ1n) is 6.88. The Kier molecular flexibility index (Phi) is 4.05. The quantitative estimate of drug-likeness (QED) is 0.742. The second kappa shape index (κ2) is 6.15. The predicted octanol–water partition coefficient (Wildman–Crippen LogP) is 3.00. The summed E-state index contributed by atoms with van der Waals surface area (Å²) < 4.78 is 38.2. The zero-order valence-electron chi connectivity index (χ0n) is 11.9. The zero-order valence-corrected chi connectivity index (χ0v) is 11.9. The molecule has 0 aliphatic rings. The van der Waals surface area contributed by atoms with Crippen LogP contribution in [0.2, 0.25) is 0 Å². The number of rotatable bonds is 4. The standard InChI is InChI=1S/C15H12F3N5/c16-15(17,18)12-5-3-4-11(10-12)14-20-22-23(21-14)9-7-13-6-1-2-8-19-13/h1-6,8,10H,7,9H2. The van der Waals surface area contributed by atoms with E-state index in [2.05, 4.69) is 20.4 Å². The van der Waals surface area contributed by atoms with Gasteiger partial charge in [0.25, 0.3) is 0 Å². The van der Waals surface area contributed by atoms with Crippen LogP contribution in [-0.4, -0.2) is 25.2 Å². The summed E-state index contributed by atoms with van der Waals surface area (Å²) in [6, 6.07) is 10.5. The number of aromatic nitrogens is 5. The van der Waals surface area contributed by atoms with E-state index in [1.54, 1.807) is 6.20 Å². The lowest BCUT2D eigenvalue weighted by Crippen LogP contribution is -2.06. The molecule has 0 amide bonds. The van der Waals surface area contributed by atoms with Crippen LogP contribution in [0, 0.1) is 0 Å². The second-order valence-electron chi connectivity index (χ2n) is 4.86. The normalized spacial score (nSPS) is 11.6. The van der Waals surface area contributed by atoms with E-state index in [0.29, 0.717) is 13.0 Å². The van der Waals surface area contributed by atoms with Crippen LogP contribution in [0.25, 0.3) is 11.4 Å². The van der Waals surface area contributed by atoms with Gasteiger partial charge in [-0.25, -0.2) is 0 Å². The number of alkyl halides is 3. The zero-order chi connectivity index (χ0) is 16.3. The highest BCUT2D eigenvalue weighted by Crippen LogP contribution is 2.31. The molecule has 0 N–H and O–H groups in total. The molecule has 0 aliphatic heterocycles. The molecule has 0 fully saturated rings. The molecule has 0 spiro atoms. The monoisotopic (exact) mass is 319 g/mol. The smallest absolute Gasteiger partial charge is 0.261 e. The van der Waals surface area contributed by atoms with Gasteiger partial charge in [-0.2, -0.15) is 18.0 Å². The van der Waals surface area contributed by atoms with E-state index in [4.69, 9.17) is 0 Å². The fourth-order valence-corrected chi connectivity index (χ4v) is 2.05. The lowest BCUT2D eigenvalue weighted by molar-refractivity contribution is -0.137. The molecule has 0 atom stereocenters. The number of pyridine rings is 1. The van der Waals surface area contributed by atoms with Crippen LogP contribution in [0.1, 0.15) is 11.3 Å². The molecule has 0 saturated heterocycles. The van der Waals surface area contributed by atoms with Crippen LogP contribution >= 0.6 is 0 Å². The van der Waals surface area contributed by atoms with Crippen molar-refractivity contribution >= 4 is 0 Å². The third-order valence-corrected chi connectivity index (χ3v) is 3.20. The molecule has 2 heterocycles. The van der Waals surface area contributed by atoms with Crippen molar-refractivity contribution in [2.24, 2.45) is 0 Å². The van der Waals surface area contributed by atoms with E-state index in [9.17, 15) is 13.2 Å². The summed E-state index contributed by atoms with van der Waals surface area (Å²) in [4.78, 5) is 5.53. The van der Waals surface area contributed by atoms with E-state index in [1.165, 1.54) is 16.9 Å². The van der Waals surface area contributed by atoms with Crippen LogP contribution in [-0.2, 0) is 19.1 Å². The molecule has 2 aromatic heterocycles. The number of halogens is 3. The molecular formula is C15H12F3N5. The maximum Gasteiger partial charge on any atom is 0.416 e. The van der Waals surface area contributed by atoms with Gasteiger partial charge in [0, 0.05) is 23.9 Å². The van der Waals surface area contributed by atoms with E-state index in [-0.39, 0.29) is 11.4 Å². The Bertz CT molecular complexity index is 783. The van der Waals surface area contributed by atoms with E-state index in [0.717, 1.165) is 17.8 Å². The van der Waals surface area contributed by atoms with Crippen molar-refractivity contribution in [2.75, 3.05) is 0 Å². The van der Waals surface area contributed by atoms with E-state index >= 15 is 0 Å². The molecule has 0 radical (unpaired) electrons. The van der Waals surface area contributed by atoms with Crippen molar-refractivity contribution in [3.05, 3.63) is 59.9 Å². The number of tetrazole rings is 1. The number of hydrogen-bond donors (Lipinski definition) is 0. The van der Waals surface area contributed by atoms with Crippen LogP contribution in [0.5, 0.6) is 0 Å². The predicted molar refractivity (Wildman–Crippen MR) is 76.2 cm³/mol. The number of hydrogen-bond acceptors (Lipinski definition) is 4. The molecule has 3 aromatic rings. The molecule has 5 nitrogen and oxygen atoms in total. The lowest BCUT2D eigenvalue weighted by atomic mass is 10.1. The molecule has 1 aromatic carbocycles. The van der Waals surface area contributed by atoms with Crippen molar-refractivity contribution in [2.45, 2.75) is 19.1 Å². The Hall–Kier alpha value is -2.77. The molecule has 23 heavy (non-hydrogen) atoms. The van der Waals surface area contributed by atoms with Gasteiger partial charge in [-0.3, -0.25) is 4.98 Å². The van der Waals surface area contributed by atoms with Gasteiger partial charge in [-0.05, 0) is 29.5 Å². The largest absolute Gasteiger partial charge is 0.416 e. The molecule has 8 heteroatoms. The summed E-state index contributed by atoms with van der Waals surface area (Å²) >= 11 is 0. The SMILES string of the molecule is FC(F)(F)c1cccc(-c2nnn(CCc3ccccn3)n2)c1. The summed E-state index contributed by atoms with van der Waals surface area (Å²) in [7, 11) is 0. The maximum absolute atomic E-state index is 12.7. The van der Waals surface area contributed by atoms with Gasteiger partial charge in [0.05, 0.1) is 12.1 Å². The highest BCUT2D eigenvalue weighted by molar-refractivity contribution is 5.55. The van der Waals surface area contributed by atoms with Crippen molar-refractivity contribution in [3.8, 4) is 11.4 Å². The second-order valence-corrected chi connectivity index (χ2v) is 4.86. The molecule has 0 unspecified atom stereocenters. The average Bonchev–Trinajstić information content (AvgIpc) is 3.02. The Balaban J connectivity index is 1.74. The molecule has 118 valence electrons. The molecule has 3 rings (SSSR count). The average molecular weight is 319 g/mol. The molecule has 0 saturated carbocycles. The summed E-state index contributed by atoms with van der Waals surface area (Å²) in [5.74, 6) is 0.164. The lowest BCUT2D eigenvalue weighted by Gasteiger charge is -2.06. The molecule has 0 aliphatic carbocycles. The fraction of sp³-hybridized carbons (Fsp3) is 0.200. The first-order chi connectivity index (χ1) is 11.0. The van der Waals surface area contributed by atoms with Crippen LogP contribution in [0.4, 0.5) is 13.2 Å². The van der Waals surface area contributed by atoms with Gasteiger partial charge in [0.1, 0.15) is 0 Å². The van der Waals surface area contributed by atoms with Gasteiger partial charge in [-0.1, -0.05) is 18.2 Å². The Morgan fingerprint density at radius 1 is 1.04 bits per heavy atom. The van der Waals surface area contributed by atoms with Gasteiger partial charge in [-0.15, -0.1) is 10.2 Å². The van der Waals surface area contributed by atoms with Crippen molar-refractivity contribution < 1.29 is 13.2 Å². The van der Waals surface area contributed by atoms with Crippen molar-refractivity contribution in [3.63, 3.8) is 0 Å². The first-order valence-corrected chi connectivity index (χ1v) is 6.88. The number of benzene rings is 1. The van der Waals surface area contributed by atoms with Crippen molar-refractivity contribution in [1.82, 2.24) is 25.2 Å². The van der Waals surface area contributed by atoms with Crippen LogP contribution in [0.3, 0.4) is 0 Å². The first kappa shape index (κ1) is 15.1. The third-order valence-electron chi connectivity index (χ3n) is 3.20. The topological polar surface area (TPSA) is 56.5 Å². The van der Waals surface area contributed by atoms with Gasteiger partial charge in [0.2, 0.25) is 5.82 Å². The van der Waals surface area contributed by atoms with Crippen LogP contribution in [0.15, 0.2) is 48.7 Å². The number of nitrogens with zero attached hydrogens (tertiary/aromatic N) is 5. The minimum atomic E-state index is -4.40. The number of aryl methyl sites for hydroxylation is 2. The summed E-state index contributed by atoms with van der Waals surface area (Å²) in [5.41, 5.74) is 0.425. The maximum atomic E-state index is 12.7. The Morgan fingerprint density at radius 2 is 1.91 bits per heavy atom. The summed E-state index contributed by atoms with van der Waals surface area (Å²) in [5, 5.41) is 11.8. The minimum Gasteiger partial charge on any atom is -0.261 e. The van der Waals surface area contributed by atoms with Gasteiger partial charge in [0.15, 0.2) is 0 Å². The Labute approximate surface area is 129 Å². The third kappa shape index (κ3) is 3.71. The molecular weight excluding hydrogens is 307 g/mol. The van der Waals surface area contributed by atoms with Crippen molar-refractivity contribution in [1.29, 1.82) is 0 Å². The van der Waals surface area contributed by atoms with E-state index in [1.807, 2.05) is 18.2 Å². The summed E-state index contributed by atoms with van der Waals surface area (Å²) in [6.45, 7) is 0.447. The van der Waals surface area contributed by atoms with E-state index < -0.39 is 11.7 Å².